The number of aromatic nitrogens is 2. The van der Waals surface area contributed by atoms with Crippen LogP contribution in [0.1, 0.15) is 0 Å². The second-order valence-corrected chi connectivity index (χ2v) is 5.32. The molecule has 126 valence electrons. The van der Waals surface area contributed by atoms with Gasteiger partial charge in [0.15, 0.2) is 11.6 Å². The van der Waals surface area contributed by atoms with Crippen molar-refractivity contribution in [3.05, 3.63) is 42.2 Å². The minimum Gasteiger partial charge on any atom is -0.453 e. The van der Waals surface area contributed by atoms with Gasteiger partial charge in [-0.2, -0.15) is 0 Å². The van der Waals surface area contributed by atoms with Crippen LogP contribution in [0.25, 0.3) is 0 Å². The molecule has 0 aliphatic carbocycles. The van der Waals surface area contributed by atoms with E-state index in [9.17, 15) is 9.18 Å². The Morgan fingerprint density at radius 2 is 1.79 bits per heavy atom. The van der Waals surface area contributed by atoms with Crippen LogP contribution < -0.4 is 15.1 Å². The summed E-state index contributed by atoms with van der Waals surface area (Å²) in [4.78, 5) is 15.2. The molecule has 2 heterocycles. The zero-order chi connectivity index (χ0) is 16.9. The number of methoxy groups -OCH3 is 1. The van der Waals surface area contributed by atoms with Gasteiger partial charge >= 0.3 is 6.09 Å². The number of amides is 1. The summed E-state index contributed by atoms with van der Waals surface area (Å²) < 4.78 is 18.3. The summed E-state index contributed by atoms with van der Waals surface area (Å²) in [5.74, 6) is 0.846. The molecule has 0 saturated carbocycles. The number of piperazine rings is 1. The molecule has 8 heteroatoms. The Bertz CT molecular complexity index is 702. The Balaban J connectivity index is 1.60. The van der Waals surface area contributed by atoms with E-state index in [1.54, 1.807) is 24.3 Å². The Morgan fingerprint density at radius 1 is 1.08 bits per heavy atom. The maximum Gasteiger partial charge on any atom is 0.412 e. The third kappa shape index (κ3) is 3.53. The van der Waals surface area contributed by atoms with Gasteiger partial charge in [-0.1, -0.05) is 12.1 Å². The molecule has 0 atom stereocenters. The van der Waals surface area contributed by atoms with Crippen molar-refractivity contribution in [2.24, 2.45) is 0 Å². The second-order valence-electron chi connectivity index (χ2n) is 5.32. The molecule has 1 saturated heterocycles. The van der Waals surface area contributed by atoms with Crippen LogP contribution >= 0.6 is 0 Å². The van der Waals surface area contributed by atoms with Crippen molar-refractivity contribution < 1.29 is 13.9 Å². The molecule has 1 N–H and O–H groups in total. The second kappa shape index (κ2) is 7.12. The van der Waals surface area contributed by atoms with Crippen molar-refractivity contribution in [3.8, 4) is 0 Å². The van der Waals surface area contributed by atoms with Gasteiger partial charge in [-0.05, 0) is 24.3 Å². The van der Waals surface area contributed by atoms with Crippen molar-refractivity contribution in [1.82, 2.24) is 10.2 Å². The Hall–Kier alpha value is -2.90. The number of hydrogen-bond donors (Lipinski definition) is 1. The highest BCUT2D eigenvalue weighted by atomic mass is 19.1. The van der Waals surface area contributed by atoms with Crippen molar-refractivity contribution in [2.75, 3.05) is 48.4 Å². The lowest BCUT2D eigenvalue weighted by molar-refractivity contribution is 0.187. The van der Waals surface area contributed by atoms with Crippen LogP contribution in [0.2, 0.25) is 0 Å². The predicted octanol–water partition coefficient (Wildman–Crippen LogP) is 2.12. The van der Waals surface area contributed by atoms with Crippen LogP contribution in [-0.2, 0) is 4.74 Å². The average Bonchev–Trinajstić information content (AvgIpc) is 2.63. The normalized spacial score (nSPS) is 14.4. The molecule has 3 rings (SSSR count). The Morgan fingerprint density at radius 3 is 2.42 bits per heavy atom. The minimum atomic E-state index is -0.587. The number of carbonyl (C=O) groups is 1. The molecular weight excluding hydrogens is 313 g/mol. The fourth-order valence-corrected chi connectivity index (χ4v) is 2.60. The summed E-state index contributed by atoms with van der Waals surface area (Å²) in [5.41, 5.74) is 0.626. The van der Waals surface area contributed by atoms with Gasteiger partial charge in [0.2, 0.25) is 0 Å². The van der Waals surface area contributed by atoms with Crippen molar-refractivity contribution in [1.29, 1.82) is 0 Å². The lowest BCUT2D eigenvalue weighted by Crippen LogP contribution is -2.47. The van der Waals surface area contributed by atoms with E-state index in [4.69, 9.17) is 0 Å². The van der Waals surface area contributed by atoms with Crippen molar-refractivity contribution >= 4 is 23.4 Å². The van der Waals surface area contributed by atoms with Gasteiger partial charge in [-0.25, -0.2) is 9.18 Å². The van der Waals surface area contributed by atoms with Gasteiger partial charge in [0, 0.05) is 26.2 Å². The van der Waals surface area contributed by atoms with E-state index in [1.165, 1.54) is 13.2 Å². The fourth-order valence-electron chi connectivity index (χ4n) is 2.60. The highest BCUT2D eigenvalue weighted by molar-refractivity contribution is 5.83. The first-order valence-corrected chi connectivity index (χ1v) is 7.60. The van der Waals surface area contributed by atoms with E-state index in [1.807, 2.05) is 11.0 Å². The third-order valence-corrected chi connectivity index (χ3v) is 3.86. The van der Waals surface area contributed by atoms with Gasteiger partial charge in [0.25, 0.3) is 0 Å². The summed E-state index contributed by atoms with van der Waals surface area (Å²) in [6, 6.07) is 10.2. The van der Waals surface area contributed by atoms with Crippen molar-refractivity contribution in [2.45, 2.75) is 0 Å². The summed E-state index contributed by atoms with van der Waals surface area (Å²) in [7, 11) is 1.28. The van der Waals surface area contributed by atoms with Crippen LogP contribution in [0.4, 0.5) is 26.5 Å². The van der Waals surface area contributed by atoms with Gasteiger partial charge in [0.1, 0.15) is 5.82 Å². The molecule has 0 bridgehead atoms. The number of hydrogen-bond acceptors (Lipinski definition) is 6. The van der Waals surface area contributed by atoms with Gasteiger partial charge in [-0.15, -0.1) is 10.2 Å². The number of rotatable bonds is 3. The number of para-hydroxylation sites is 1. The fraction of sp³-hybridized carbons (Fsp3) is 0.312. The zero-order valence-electron chi connectivity index (χ0n) is 13.3. The number of ether oxygens (including phenoxy) is 1. The molecule has 1 aromatic carbocycles. The molecule has 2 aromatic rings. The lowest BCUT2D eigenvalue weighted by Gasteiger charge is -2.36. The number of nitrogens with zero attached hydrogens (tertiary/aromatic N) is 4. The molecule has 0 unspecified atom stereocenters. The van der Waals surface area contributed by atoms with Crippen LogP contribution in [-0.4, -0.2) is 49.6 Å². The monoisotopic (exact) mass is 331 g/mol. The van der Waals surface area contributed by atoms with Crippen LogP contribution in [0.15, 0.2) is 36.4 Å². The Kier molecular flexibility index (Phi) is 4.74. The molecule has 1 aliphatic rings. The van der Waals surface area contributed by atoms with E-state index in [2.05, 4.69) is 25.2 Å². The van der Waals surface area contributed by atoms with Gasteiger partial charge in [0.05, 0.1) is 12.8 Å². The quantitative estimate of drug-likeness (QED) is 0.929. The average molecular weight is 331 g/mol. The number of anilines is 3. The summed E-state index contributed by atoms with van der Waals surface area (Å²) in [6.45, 7) is 2.83. The molecule has 1 fully saturated rings. The van der Waals surface area contributed by atoms with E-state index in [-0.39, 0.29) is 5.82 Å². The van der Waals surface area contributed by atoms with E-state index < -0.39 is 6.09 Å². The maximum absolute atomic E-state index is 13.8. The molecule has 0 spiro atoms. The zero-order valence-corrected chi connectivity index (χ0v) is 13.3. The van der Waals surface area contributed by atoms with Gasteiger partial charge in [-0.3, -0.25) is 5.32 Å². The molecule has 1 aliphatic heterocycles. The molecule has 24 heavy (non-hydrogen) atoms. The largest absolute Gasteiger partial charge is 0.453 e. The first-order valence-electron chi connectivity index (χ1n) is 7.60. The first kappa shape index (κ1) is 16.0. The summed E-state index contributed by atoms with van der Waals surface area (Å²) in [5, 5.41) is 10.5. The summed E-state index contributed by atoms with van der Waals surface area (Å²) in [6.07, 6.45) is -0.587. The maximum atomic E-state index is 13.8. The lowest BCUT2D eigenvalue weighted by atomic mass is 10.2. The molecule has 0 radical (unpaired) electrons. The van der Waals surface area contributed by atoms with E-state index >= 15 is 0 Å². The standard InChI is InChI=1S/C16H18FN5O2/c1-24-16(23)18-14-6-7-15(20-19-14)22-10-8-21(9-11-22)13-5-3-2-4-12(13)17/h2-7H,8-11H2,1H3,(H,18,19,23). The molecule has 7 nitrogen and oxygen atoms in total. The Labute approximate surface area is 139 Å². The number of halogens is 1. The minimum absolute atomic E-state index is 0.205. The molecular formula is C16H18FN5O2. The van der Waals surface area contributed by atoms with E-state index in [0.29, 0.717) is 37.7 Å². The van der Waals surface area contributed by atoms with Crippen LogP contribution in [0.5, 0.6) is 0 Å². The topological polar surface area (TPSA) is 70.6 Å². The predicted molar refractivity (Wildman–Crippen MR) is 88.9 cm³/mol. The smallest absolute Gasteiger partial charge is 0.412 e. The number of carbonyl (C=O) groups excluding carboxylic acids is 1. The van der Waals surface area contributed by atoms with E-state index in [0.717, 1.165) is 5.82 Å². The summed E-state index contributed by atoms with van der Waals surface area (Å²) >= 11 is 0. The van der Waals surface area contributed by atoms with Crippen molar-refractivity contribution in [3.63, 3.8) is 0 Å². The molecule has 1 aromatic heterocycles. The van der Waals surface area contributed by atoms with Crippen LogP contribution in [0.3, 0.4) is 0 Å². The highest BCUT2D eigenvalue weighted by Crippen LogP contribution is 2.22. The number of benzene rings is 1. The number of nitrogens with one attached hydrogen (secondary N) is 1. The SMILES string of the molecule is COC(=O)Nc1ccc(N2CCN(c3ccccc3F)CC2)nn1. The first-order chi connectivity index (χ1) is 11.7. The van der Waals surface area contributed by atoms with Gasteiger partial charge < -0.3 is 14.5 Å². The molecule has 1 amide bonds. The van der Waals surface area contributed by atoms with Crippen LogP contribution in [0, 0.1) is 5.82 Å². The highest BCUT2D eigenvalue weighted by Gasteiger charge is 2.20. The third-order valence-electron chi connectivity index (χ3n) is 3.86.